The molecular weight excluding hydrogens is 356 g/mol. The van der Waals surface area contributed by atoms with Gasteiger partial charge in [0.25, 0.3) is 12.3 Å². The molecule has 1 aromatic heterocycles. The van der Waals surface area contributed by atoms with E-state index in [-0.39, 0.29) is 31.0 Å². The van der Waals surface area contributed by atoms with Gasteiger partial charge in [0.1, 0.15) is 5.69 Å². The minimum atomic E-state index is -2.86. The van der Waals surface area contributed by atoms with E-state index in [0.717, 1.165) is 16.4 Å². The lowest BCUT2D eigenvalue weighted by Gasteiger charge is -2.14. The van der Waals surface area contributed by atoms with Crippen LogP contribution in [0.25, 0.3) is 0 Å². The Hall–Kier alpha value is -2.77. The first-order valence-electron chi connectivity index (χ1n) is 8.68. The molecule has 0 bridgehead atoms. The third-order valence-electron chi connectivity index (χ3n) is 4.05. The van der Waals surface area contributed by atoms with Crippen molar-refractivity contribution < 1.29 is 23.5 Å². The van der Waals surface area contributed by atoms with Crippen molar-refractivity contribution in [3.05, 3.63) is 53.3 Å². The summed E-state index contributed by atoms with van der Waals surface area (Å²) in [6.45, 7) is 3.81. The molecule has 1 amide bonds. The van der Waals surface area contributed by atoms with Crippen LogP contribution in [0.1, 0.15) is 41.9 Å². The van der Waals surface area contributed by atoms with Crippen LogP contribution < -0.4 is 5.32 Å². The van der Waals surface area contributed by atoms with Crippen LogP contribution in [-0.2, 0) is 17.8 Å². The van der Waals surface area contributed by atoms with E-state index < -0.39 is 29.9 Å². The molecule has 6 nitrogen and oxygen atoms in total. The molecule has 2 aromatic rings. The number of halogens is 2. The average Bonchev–Trinajstić information content (AvgIpc) is 3.02. The molecule has 0 fully saturated rings. The molecule has 1 heterocycles. The largest absolute Gasteiger partial charge is 0.481 e. The van der Waals surface area contributed by atoms with Crippen LogP contribution in [0.4, 0.5) is 8.78 Å². The maximum atomic E-state index is 13.4. The van der Waals surface area contributed by atoms with Crippen LogP contribution in [0, 0.1) is 11.8 Å². The predicted molar refractivity (Wildman–Crippen MR) is 95.6 cm³/mol. The zero-order chi connectivity index (χ0) is 20.0. The fourth-order valence-corrected chi connectivity index (χ4v) is 2.75. The molecule has 0 aliphatic carbocycles. The highest BCUT2D eigenvalue weighted by molar-refractivity contribution is 5.95. The van der Waals surface area contributed by atoms with Crippen LogP contribution in [0.15, 0.2) is 36.5 Å². The number of carboxylic acids is 1. The van der Waals surface area contributed by atoms with Gasteiger partial charge in [0.2, 0.25) is 0 Å². The van der Waals surface area contributed by atoms with Gasteiger partial charge in [-0.1, -0.05) is 44.2 Å². The number of nitrogens with one attached hydrogen (secondary N) is 1. The Balaban J connectivity index is 2.09. The van der Waals surface area contributed by atoms with Gasteiger partial charge in [0, 0.05) is 13.1 Å². The summed E-state index contributed by atoms with van der Waals surface area (Å²) < 4.78 is 28.0. The molecule has 2 rings (SSSR count). The molecule has 0 saturated carbocycles. The lowest BCUT2D eigenvalue weighted by atomic mass is 9.99. The number of hydrogen-bond donors (Lipinski definition) is 2. The third-order valence-corrected chi connectivity index (χ3v) is 4.05. The highest BCUT2D eigenvalue weighted by Crippen LogP contribution is 2.24. The minimum Gasteiger partial charge on any atom is -0.481 e. The molecule has 1 atom stereocenters. The third kappa shape index (κ3) is 5.60. The quantitative estimate of drug-likeness (QED) is 0.701. The molecule has 27 heavy (non-hydrogen) atoms. The van der Waals surface area contributed by atoms with Crippen LogP contribution >= 0.6 is 0 Å². The number of aromatic nitrogens is 2. The first-order valence-corrected chi connectivity index (χ1v) is 8.68. The van der Waals surface area contributed by atoms with Crippen molar-refractivity contribution in [1.82, 2.24) is 15.1 Å². The van der Waals surface area contributed by atoms with Gasteiger partial charge in [0.05, 0.1) is 17.7 Å². The number of nitrogens with zero attached hydrogens (tertiary/aromatic N) is 2. The fraction of sp³-hybridized carbons (Fsp3) is 0.421. The van der Waals surface area contributed by atoms with Gasteiger partial charge in [-0.2, -0.15) is 5.10 Å². The standard InChI is InChI=1S/C19H23F2N3O3/c1-12(2)11-24-16(17(20)21)15(10-23-24)18(25)22-9-14(19(26)27)8-13-6-4-3-5-7-13/h3-7,10,12,14,17H,8-9,11H2,1-2H3,(H,22,25)(H,26,27). The minimum absolute atomic E-state index is 0.0839. The van der Waals surface area contributed by atoms with E-state index in [4.69, 9.17) is 0 Å². The summed E-state index contributed by atoms with van der Waals surface area (Å²) in [6.07, 6.45) is -1.52. The molecule has 0 aliphatic rings. The van der Waals surface area contributed by atoms with Crippen molar-refractivity contribution in [2.75, 3.05) is 6.54 Å². The van der Waals surface area contributed by atoms with E-state index in [0.29, 0.717) is 0 Å². The van der Waals surface area contributed by atoms with E-state index in [9.17, 15) is 23.5 Å². The van der Waals surface area contributed by atoms with Crippen molar-refractivity contribution in [2.24, 2.45) is 11.8 Å². The lowest BCUT2D eigenvalue weighted by molar-refractivity contribution is -0.141. The number of hydrogen-bond acceptors (Lipinski definition) is 3. The first kappa shape index (κ1) is 20.5. The first-order chi connectivity index (χ1) is 12.8. The maximum absolute atomic E-state index is 13.4. The summed E-state index contributed by atoms with van der Waals surface area (Å²) in [5.41, 5.74) is 0.141. The van der Waals surface area contributed by atoms with Crippen molar-refractivity contribution in [2.45, 2.75) is 33.2 Å². The molecule has 2 N–H and O–H groups in total. The van der Waals surface area contributed by atoms with Crippen molar-refractivity contribution in [3.8, 4) is 0 Å². The molecule has 1 unspecified atom stereocenters. The number of rotatable bonds is 9. The van der Waals surface area contributed by atoms with Crippen molar-refractivity contribution >= 4 is 11.9 Å². The van der Waals surface area contributed by atoms with Crippen LogP contribution in [0.3, 0.4) is 0 Å². The number of carboxylic acid groups (broad SMARTS) is 1. The zero-order valence-electron chi connectivity index (χ0n) is 15.2. The summed E-state index contributed by atoms with van der Waals surface area (Å²) in [5.74, 6) is -2.60. The van der Waals surface area contributed by atoms with Crippen LogP contribution in [-0.4, -0.2) is 33.3 Å². The lowest BCUT2D eigenvalue weighted by Crippen LogP contribution is -2.34. The van der Waals surface area contributed by atoms with Crippen molar-refractivity contribution in [3.63, 3.8) is 0 Å². The van der Waals surface area contributed by atoms with Gasteiger partial charge in [-0.25, -0.2) is 8.78 Å². The number of aliphatic carboxylic acids is 1. The number of carbonyl (C=O) groups is 2. The van der Waals surface area contributed by atoms with Gasteiger partial charge in [0.15, 0.2) is 0 Å². The average molecular weight is 379 g/mol. The number of benzene rings is 1. The van der Waals surface area contributed by atoms with E-state index >= 15 is 0 Å². The van der Waals surface area contributed by atoms with Gasteiger partial charge < -0.3 is 10.4 Å². The summed E-state index contributed by atoms with van der Waals surface area (Å²) in [7, 11) is 0. The predicted octanol–water partition coefficient (Wildman–Crippen LogP) is 3.15. The van der Waals surface area contributed by atoms with Crippen molar-refractivity contribution in [1.29, 1.82) is 0 Å². The van der Waals surface area contributed by atoms with Gasteiger partial charge in [-0.3, -0.25) is 14.3 Å². The topological polar surface area (TPSA) is 84.2 Å². The van der Waals surface area contributed by atoms with Gasteiger partial charge in [-0.15, -0.1) is 0 Å². The van der Waals surface area contributed by atoms with Crippen LogP contribution in [0.5, 0.6) is 0 Å². The highest BCUT2D eigenvalue weighted by Gasteiger charge is 2.26. The number of carbonyl (C=O) groups excluding carboxylic acids is 1. The molecule has 0 radical (unpaired) electrons. The Kier molecular flexibility index (Phi) is 7.04. The molecule has 8 heteroatoms. The Morgan fingerprint density at radius 2 is 1.89 bits per heavy atom. The van der Waals surface area contributed by atoms with Gasteiger partial charge in [-0.05, 0) is 17.9 Å². The van der Waals surface area contributed by atoms with Gasteiger partial charge >= 0.3 is 5.97 Å². The Bertz CT molecular complexity index is 776. The number of amides is 1. The monoisotopic (exact) mass is 379 g/mol. The Morgan fingerprint density at radius 3 is 2.44 bits per heavy atom. The summed E-state index contributed by atoms with van der Waals surface area (Å²) in [4.78, 5) is 23.8. The molecule has 146 valence electrons. The smallest absolute Gasteiger partial charge is 0.308 e. The maximum Gasteiger partial charge on any atom is 0.308 e. The summed E-state index contributed by atoms with van der Waals surface area (Å²) >= 11 is 0. The second-order valence-electron chi connectivity index (χ2n) is 6.76. The van der Waals surface area contributed by atoms with E-state index in [1.54, 1.807) is 24.3 Å². The molecular formula is C19H23F2N3O3. The summed E-state index contributed by atoms with van der Waals surface area (Å²) in [6, 6.07) is 9.00. The highest BCUT2D eigenvalue weighted by atomic mass is 19.3. The van der Waals surface area contributed by atoms with E-state index in [1.165, 1.54) is 0 Å². The van der Waals surface area contributed by atoms with E-state index in [1.807, 2.05) is 19.9 Å². The summed E-state index contributed by atoms with van der Waals surface area (Å²) in [5, 5.41) is 15.7. The Morgan fingerprint density at radius 1 is 1.22 bits per heavy atom. The van der Waals surface area contributed by atoms with E-state index in [2.05, 4.69) is 10.4 Å². The second kappa shape index (κ2) is 9.25. The second-order valence-corrected chi connectivity index (χ2v) is 6.76. The SMILES string of the molecule is CC(C)Cn1ncc(C(=O)NCC(Cc2ccccc2)C(=O)O)c1C(F)F. The molecule has 0 spiro atoms. The molecule has 1 aromatic carbocycles. The van der Waals surface area contributed by atoms with Crippen LogP contribution in [0.2, 0.25) is 0 Å². The fourth-order valence-electron chi connectivity index (χ4n) is 2.75. The zero-order valence-corrected chi connectivity index (χ0v) is 15.2. The normalized spacial score (nSPS) is 12.4. The molecule has 0 saturated heterocycles. The molecule has 0 aliphatic heterocycles. The number of alkyl halides is 2. The Labute approximate surface area is 156 Å².